The molecule has 4 atom stereocenters. The normalized spacial score (nSPS) is 23.9. The van der Waals surface area contributed by atoms with E-state index in [9.17, 15) is 27.6 Å². The van der Waals surface area contributed by atoms with Crippen LogP contribution in [0, 0.1) is 0 Å². The summed E-state index contributed by atoms with van der Waals surface area (Å²) >= 11 is 0. The molecule has 0 amide bonds. The SMILES string of the molecule is CCCc1cn([C@@H]2O[C@H](COC(C)=O)[C@H](OS(C)(=O)=O)[C@H]2OC(C)=O)c(=O)[nH]c1=O. The van der Waals surface area contributed by atoms with Crippen LogP contribution in [0.2, 0.25) is 0 Å². The van der Waals surface area contributed by atoms with Crippen LogP contribution in [0.1, 0.15) is 39.0 Å². The van der Waals surface area contributed by atoms with Crippen molar-refractivity contribution in [3.05, 3.63) is 32.6 Å². The maximum atomic E-state index is 12.4. The first-order chi connectivity index (χ1) is 13.9. The maximum absolute atomic E-state index is 12.4. The highest BCUT2D eigenvalue weighted by molar-refractivity contribution is 7.86. The van der Waals surface area contributed by atoms with Crippen molar-refractivity contribution >= 4 is 22.1 Å². The number of rotatable bonds is 8. The summed E-state index contributed by atoms with van der Waals surface area (Å²) < 4.78 is 45.4. The van der Waals surface area contributed by atoms with E-state index in [1.165, 1.54) is 6.20 Å². The topological polar surface area (TPSA) is 160 Å². The van der Waals surface area contributed by atoms with Crippen molar-refractivity contribution in [2.75, 3.05) is 12.9 Å². The number of hydrogen-bond donors (Lipinski definition) is 1. The Hall–Kier alpha value is -2.51. The van der Waals surface area contributed by atoms with E-state index >= 15 is 0 Å². The van der Waals surface area contributed by atoms with Gasteiger partial charge in [0.25, 0.3) is 15.7 Å². The molecule has 0 saturated carbocycles. The quantitative estimate of drug-likeness (QED) is 0.395. The summed E-state index contributed by atoms with van der Waals surface area (Å²) in [5.74, 6) is -1.44. The van der Waals surface area contributed by atoms with E-state index in [2.05, 4.69) is 4.98 Å². The Bertz CT molecular complexity index is 1010. The minimum absolute atomic E-state index is 0.284. The maximum Gasteiger partial charge on any atom is 0.330 e. The number of nitrogens with one attached hydrogen (secondary N) is 1. The van der Waals surface area contributed by atoms with Gasteiger partial charge in [-0.2, -0.15) is 8.42 Å². The number of nitrogens with zero attached hydrogens (tertiary/aromatic N) is 1. The molecule has 1 aliphatic heterocycles. The monoisotopic (exact) mass is 448 g/mol. The molecule has 1 saturated heterocycles. The Balaban J connectivity index is 2.54. The van der Waals surface area contributed by atoms with E-state index in [1.807, 2.05) is 6.92 Å². The van der Waals surface area contributed by atoms with Gasteiger partial charge in [0, 0.05) is 25.6 Å². The van der Waals surface area contributed by atoms with Gasteiger partial charge in [-0.15, -0.1) is 0 Å². The Morgan fingerprint density at radius 1 is 1.20 bits per heavy atom. The summed E-state index contributed by atoms with van der Waals surface area (Å²) in [4.78, 5) is 49.4. The summed E-state index contributed by atoms with van der Waals surface area (Å²) in [5.41, 5.74) is -1.14. The van der Waals surface area contributed by atoms with Crippen molar-refractivity contribution in [3.63, 3.8) is 0 Å². The minimum atomic E-state index is -4.04. The second-order valence-corrected chi connectivity index (χ2v) is 8.38. The van der Waals surface area contributed by atoms with Gasteiger partial charge in [-0.05, 0) is 6.42 Å². The highest BCUT2D eigenvalue weighted by Crippen LogP contribution is 2.34. The average Bonchev–Trinajstić information content (AvgIpc) is 2.91. The first-order valence-electron chi connectivity index (χ1n) is 9.11. The molecule has 2 heterocycles. The number of H-pyrrole nitrogens is 1. The van der Waals surface area contributed by atoms with Gasteiger partial charge in [0.05, 0.1) is 6.26 Å². The number of aromatic amines is 1. The number of aromatic nitrogens is 2. The number of carbonyl (C=O) groups excluding carboxylic acids is 2. The zero-order valence-corrected chi connectivity index (χ0v) is 17.8. The molecule has 1 fully saturated rings. The lowest BCUT2D eigenvalue weighted by atomic mass is 10.1. The highest BCUT2D eigenvalue weighted by atomic mass is 32.2. The third-order valence-corrected chi connectivity index (χ3v) is 4.73. The summed E-state index contributed by atoms with van der Waals surface area (Å²) in [6, 6.07) is 0. The van der Waals surface area contributed by atoms with Crippen LogP contribution in [0.15, 0.2) is 15.8 Å². The van der Waals surface area contributed by atoms with Gasteiger partial charge in [0.2, 0.25) is 0 Å². The number of esters is 2. The van der Waals surface area contributed by atoms with E-state index in [1.54, 1.807) is 0 Å². The molecule has 168 valence electrons. The molecule has 30 heavy (non-hydrogen) atoms. The fourth-order valence-corrected chi connectivity index (χ4v) is 3.70. The van der Waals surface area contributed by atoms with Crippen LogP contribution in [0.5, 0.6) is 0 Å². The van der Waals surface area contributed by atoms with Gasteiger partial charge in [-0.3, -0.25) is 28.1 Å². The zero-order valence-electron chi connectivity index (χ0n) is 16.9. The third kappa shape index (κ3) is 6.00. The number of ether oxygens (including phenoxy) is 3. The van der Waals surface area contributed by atoms with Crippen molar-refractivity contribution in [3.8, 4) is 0 Å². The van der Waals surface area contributed by atoms with E-state index < -0.39 is 64.5 Å². The fraction of sp³-hybridized carbons (Fsp3) is 0.647. The molecule has 12 nitrogen and oxygen atoms in total. The molecular weight excluding hydrogens is 424 g/mol. The Morgan fingerprint density at radius 3 is 2.40 bits per heavy atom. The van der Waals surface area contributed by atoms with E-state index in [0.717, 1.165) is 24.7 Å². The van der Waals surface area contributed by atoms with E-state index in [-0.39, 0.29) is 5.56 Å². The Labute approximate surface area is 172 Å². The smallest absolute Gasteiger partial charge is 0.330 e. The van der Waals surface area contributed by atoms with Gasteiger partial charge in [-0.1, -0.05) is 13.3 Å². The fourth-order valence-electron chi connectivity index (χ4n) is 3.06. The van der Waals surface area contributed by atoms with Crippen LogP contribution in [-0.4, -0.2) is 61.1 Å². The molecule has 0 aromatic carbocycles. The Morgan fingerprint density at radius 2 is 1.87 bits per heavy atom. The van der Waals surface area contributed by atoms with Crippen molar-refractivity contribution < 1.29 is 36.4 Å². The Kier molecular flexibility index (Phi) is 7.55. The molecule has 0 radical (unpaired) electrons. The van der Waals surface area contributed by atoms with Crippen LogP contribution >= 0.6 is 0 Å². The van der Waals surface area contributed by atoms with Gasteiger partial charge in [0.1, 0.15) is 18.8 Å². The first-order valence-corrected chi connectivity index (χ1v) is 10.9. The predicted molar refractivity (Wildman–Crippen MR) is 101 cm³/mol. The highest BCUT2D eigenvalue weighted by Gasteiger charge is 2.51. The predicted octanol–water partition coefficient (Wildman–Crippen LogP) is -0.774. The third-order valence-electron chi connectivity index (χ3n) is 4.16. The summed E-state index contributed by atoms with van der Waals surface area (Å²) in [5, 5.41) is 0. The molecule has 1 aromatic heterocycles. The van der Waals surface area contributed by atoms with Crippen LogP contribution < -0.4 is 11.2 Å². The van der Waals surface area contributed by atoms with Crippen LogP contribution in [-0.2, 0) is 44.5 Å². The van der Waals surface area contributed by atoms with Crippen LogP contribution in [0.4, 0.5) is 0 Å². The van der Waals surface area contributed by atoms with Gasteiger partial charge >= 0.3 is 17.6 Å². The van der Waals surface area contributed by atoms with Gasteiger partial charge in [0.15, 0.2) is 12.3 Å². The molecule has 13 heteroatoms. The van der Waals surface area contributed by atoms with Gasteiger partial charge < -0.3 is 14.2 Å². The lowest BCUT2D eigenvalue weighted by molar-refractivity contribution is -0.155. The average molecular weight is 448 g/mol. The van der Waals surface area contributed by atoms with E-state index in [0.29, 0.717) is 12.8 Å². The molecular formula is C17H24N2O10S. The largest absolute Gasteiger partial charge is 0.463 e. The molecule has 1 aromatic rings. The first kappa shape index (κ1) is 23.8. The minimum Gasteiger partial charge on any atom is -0.463 e. The van der Waals surface area contributed by atoms with Crippen molar-refractivity contribution in [1.29, 1.82) is 0 Å². The molecule has 2 rings (SSSR count). The van der Waals surface area contributed by atoms with Crippen molar-refractivity contribution in [2.45, 2.75) is 58.2 Å². The lowest BCUT2D eigenvalue weighted by Crippen LogP contribution is -2.43. The van der Waals surface area contributed by atoms with Crippen LogP contribution in [0.25, 0.3) is 0 Å². The number of carbonyl (C=O) groups is 2. The van der Waals surface area contributed by atoms with Crippen molar-refractivity contribution in [1.82, 2.24) is 9.55 Å². The van der Waals surface area contributed by atoms with Gasteiger partial charge in [-0.25, -0.2) is 4.79 Å². The van der Waals surface area contributed by atoms with E-state index in [4.69, 9.17) is 18.4 Å². The molecule has 0 unspecified atom stereocenters. The second kappa shape index (κ2) is 9.53. The van der Waals surface area contributed by atoms with Crippen molar-refractivity contribution in [2.24, 2.45) is 0 Å². The number of hydrogen-bond acceptors (Lipinski definition) is 10. The summed E-state index contributed by atoms with van der Waals surface area (Å²) in [6.45, 7) is 3.66. The summed E-state index contributed by atoms with van der Waals surface area (Å²) in [6.07, 6.45) is -2.25. The molecule has 0 spiro atoms. The summed E-state index contributed by atoms with van der Waals surface area (Å²) in [7, 11) is -4.04. The lowest BCUT2D eigenvalue weighted by Gasteiger charge is -2.23. The number of aryl methyl sites for hydroxylation is 1. The molecule has 0 bridgehead atoms. The molecule has 1 N–H and O–H groups in total. The standard InChI is InChI=1S/C17H24N2O10S/c1-5-6-11-7-19(17(23)18-15(11)22)16-14(27-10(3)21)13(29-30(4,24)25)12(28-16)8-26-9(2)20/h7,12-14,16H,5-6,8H2,1-4H3,(H,18,22,23)/t12-,13+,14-,16-/m1/s1. The second-order valence-electron chi connectivity index (χ2n) is 6.78. The molecule has 1 aliphatic rings. The molecule has 0 aliphatic carbocycles. The zero-order chi connectivity index (χ0) is 22.6. The van der Waals surface area contributed by atoms with Crippen LogP contribution in [0.3, 0.4) is 0 Å².